The van der Waals surface area contributed by atoms with Crippen LogP contribution in [0.1, 0.15) is 19.8 Å². The van der Waals surface area contributed by atoms with Gasteiger partial charge in [-0.05, 0) is 0 Å². The van der Waals surface area contributed by atoms with E-state index in [1.807, 2.05) is 0 Å². The zero-order valence-corrected chi connectivity index (χ0v) is 8.20. The molecule has 15 heavy (non-hydrogen) atoms. The van der Waals surface area contributed by atoms with Gasteiger partial charge in [0, 0.05) is 6.92 Å². The molecule has 6 nitrogen and oxygen atoms in total. The average Bonchev–Trinajstić information content (AvgIpc) is 2.00. The van der Waals surface area contributed by atoms with Gasteiger partial charge in [-0.15, -0.1) is 5.06 Å². The molecule has 0 spiro atoms. The van der Waals surface area contributed by atoms with E-state index >= 15 is 0 Å². The molecule has 0 radical (unpaired) electrons. The maximum atomic E-state index is 12.7. The third kappa shape index (κ3) is 1.76. The molecule has 0 aromatic carbocycles. The van der Waals surface area contributed by atoms with Gasteiger partial charge in [0.1, 0.15) is 12.8 Å². The smallest absolute Gasteiger partial charge is 0.273 e. The highest BCUT2D eigenvalue weighted by Crippen LogP contribution is 2.49. The molecule has 1 amide bonds. The lowest BCUT2D eigenvalue weighted by molar-refractivity contribution is -0.649. The van der Waals surface area contributed by atoms with Crippen LogP contribution in [0.2, 0.25) is 0 Å². The molecule has 1 aliphatic rings. The topological polar surface area (TPSA) is 72.7 Å². The average molecular weight is 224 g/mol. The first-order valence-electron chi connectivity index (χ1n) is 4.12. The second kappa shape index (κ2) is 3.37. The van der Waals surface area contributed by atoms with Crippen LogP contribution in [-0.2, 0) is 9.63 Å². The van der Waals surface area contributed by atoms with Crippen molar-refractivity contribution in [2.75, 3.05) is 7.11 Å². The minimum Gasteiger partial charge on any atom is -0.273 e. The molecule has 0 aromatic heterocycles. The summed E-state index contributed by atoms with van der Waals surface area (Å²) in [7, 11) is 1.03. The molecule has 1 rings (SSSR count). The SMILES string of the molecule is CON(C(C)=O)C1([N+](=O)[O-])CC(F)(F)C1. The Bertz CT molecular complexity index is 299. The summed E-state index contributed by atoms with van der Waals surface area (Å²) in [6.07, 6.45) is -2.03. The number of hydrogen-bond acceptors (Lipinski definition) is 4. The molecule has 0 saturated heterocycles. The number of amides is 1. The predicted octanol–water partition coefficient (Wildman–Crippen LogP) is 0.798. The van der Waals surface area contributed by atoms with E-state index in [1.165, 1.54) is 0 Å². The van der Waals surface area contributed by atoms with Gasteiger partial charge in [0.15, 0.2) is 0 Å². The Kier molecular flexibility index (Phi) is 2.64. The number of rotatable bonds is 3. The zero-order valence-electron chi connectivity index (χ0n) is 8.20. The number of carbonyl (C=O) groups excluding carboxylic acids is 1. The third-order valence-electron chi connectivity index (χ3n) is 2.27. The monoisotopic (exact) mass is 224 g/mol. The number of alkyl halides is 2. The summed E-state index contributed by atoms with van der Waals surface area (Å²) in [6.45, 7) is 1.02. The maximum Gasteiger partial charge on any atom is 0.331 e. The molecule has 0 bridgehead atoms. The van der Waals surface area contributed by atoms with Gasteiger partial charge in [0.05, 0.1) is 12.0 Å². The van der Waals surface area contributed by atoms with Crippen molar-refractivity contribution in [2.24, 2.45) is 0 Å². The maximum absolute atomic E-state index is 12.7. The number of nitro groups is 1. The quantitative estimate of drug-likeness (QED) is 0.403. The fourth-order valence-corrected chi connectivity index (χ4v) is 1.72. The Morgan fingerprint density at radius 1 is 1.53 bits per heavy atom. The highest BCUT2D eigenvalue weighted by Gasteiger charge is 2.70. The summed E-state index contributed by atoms with van der Waals surface area (Å²) >= 11 is 0. The molecule has 0 heterocycles. The molecule has 0 aliphatic heterocycles. The van der Waals surface area contributed by atoms with Gasteiger partial charge < -0.3 is 0 Å². The second-order valence-electron chi connectivity index (χ2n) is 3.45. The van der Waals surface area contributed by atoms with Gasteiger partial charge in [-0.25, -0.2) is 8.78 Å². The van der Waals surface area contributed by atoms with Crippen LogP contribution in [0.25, 0.3) is 0 Å². The third-order valence-corrected chi connectivity index (χ3v) is 2.27. The van der Waals surface area contributed by atoms with E-state index in [-0.39, 0.29) is 0 Å². The van der Waals surface area contributed by atoms with Gasteiger partial charge >= 0.3 is 5.66 Å². The summed E-state index contributed by atoms with van der Waals surface area (Å²) < 4.78 is 25.3. The summed E-state index contributed by atoms with van der Waals surface area (Å²) in [5.74, 6) is -3.89. The van der Waals surface area contributed by atoms with Crippen LogP contribution in [-0.4, -0.2) is 34.6 Å². The van der Waals surface area contributed by atoms with E-state index in [2.05, 4.69) is 4.84 Å². The highest BCUT2D eigenvalue weighted by molar-refractivity contribution is 5.72. The van der Waals surface area contributed by atoms with Crippen LogP contribution >= 0.6 is 0 Å². The van der Waals surface area contributed by atoms with Crippen molar-refractivity contribution in [3.05, 3.63) is 10.1 Å². The summed E-state index contributed by atoms with van der Waals surface area (Å²) in [4.78, 5) is 25.3. The van der Waals surface area contributed by atoms with Gasteiger partial charge in [-0.3, -0.25) is 19.7 Å². The Hall–Kier alpha value is -1.31. The number of hydroxylamine groups is 2. The number of nitrogens with zero attached hydrogens (tertiary/aromatic N) is 2. The van der Waals surface area contributed by atoms with E-state index in [0.717, 1.165) is 14.0 Å². The first kappa shape index (κ1) is 11.8. The van der Waals surface area contributed by atoms with Crippen molar-refractivity contribution in [2.45, 2.75) is 31.4 Å². The van der Waals surface area contributed by atoms with E-state index in [0.29, 0.717) is 5.06 Å². The lowest BCUT2D eigenvalue weighted by Gasteiger charge is -2.43. The standard InChI is InChI=1S/C7H10F2N2O4/c1-5(12)10(15-2)7(11(13)14)3-6(8,9)4-7/h3-4H2,1-2H3. The molecule has 1 aliphatic carbocycles. The number of hydrogen-bond donors (Lipinski definition) is 0. The molecular formula is C7H10F2N2O4. The minimum absolute atomic E-state index is 0.393. The van der Waals surface area contributed by atoms with Crippen molar-refractivity contribution in [3.8, 4) is 0 Å². The molecule has 8 heteroatoms. The van der Waals surface area contributed by atoms with Gasteiger partial charge in [-0.2, -0.15) is 0 Å². The summed E-state index contributed by atoms with van der Waals surface area (Å²) in [6, 6.07) is 0. The molecule has 1 fully saturated rings. The Balaban J connectivity index is 2.95. The van der Waals surface area contributed by atoms with Crippen LogP contribution < -0.4 is 0 Å². The van der Waals surface area contributed by atoms with Crippen LogP contribution in [0, 0.1) is 10.1 Å². The fraction of sp³-hybridized carbons (Fsp3) is 0.857. The molecule has 0 N–H and O–H groups in total. The predicted molar refractivity (Wildman–Crippen MR) is 43.4 cm³/mol. The molecule has 0 atom stereocenters. The van der Waals surface area contributed by atoms with Gasteiger partial charge in [0.2, 0.25) is 5.91 Å². The first-order chi connectivity index (χ1) is 6.75. The van der Waals surface area contributed by atoms with E-state index < -0.39 is 35.3 Å². The van der Waals surface area contributed by atoms with Crippen molar-refractivity contribution in [1.82, 2.24) is 5.06 Å². The largest absolute Gasteiger partial charge is 0.331 e. The summed E-state index contributed by atoms with van der Waals surface area (Å²) in [5.41, 5.74) is -2.12. The van der Waals surface area contributed by atoms with Gasteiger partial charge in [0.25, 0.3) is 5.92 Å². The second-order valence-corrected chi connectivity index (χ2v) is 3.45. The molecule has 86 valence electrons. The molecule has 1 saturated carbocycles. The fourth-order valence-electron chi connectivity index (χ4n) is 1.72. The van der Waals surface area contributed by atoms with E-state index in [1.54, 1.807) is 0 Å². The lowest BCUT2D eigenvalue weighted by atomic mass is 9.81. The van der Waals surface area contributed by atoms with Crippen molar-refractivity contribution in [3.63, 3.8) is 0 Å². The van der Waals surface area contributed by atoms with Crippen molar-refractivity contribution in [1.29, 1.82) is 0 Å². The molecular weight excluding hydrogens is 214 g/mol. The van der Waals surface area contributed by atoms with Crippen LogP contribution in [0.5, 0.6) is 0 Å². The zero-order chi connectivity index (χ0) is 11.9. The minimum atomic E-state index is -3.11. The molecule has 0 unspecified atom stereocenters. The molecule has 0 aromatic rings. The first-order valence-corrected chi connectivity index (χ1v) is 4.12. The highest BCUT2D eigenvalue weighted by atomic mass is 19.3. The number of halogens is 2. The lowest BCUT2D eigenvalue weighted by Crippen LogP contribution is -2.67. The van der Waals surface area contributed by atoms with Crippen molar-refractivity contribution >= 4 is 5.91 Å². The summed E-state index contributed by atoms with van der Waals surface area (Å²) in [5, 5.41) is 11.1. The van der Waals surface area contributed by atoms with Gasteiger partial charge in [-0.1, -0.05) is 0 Å². The Morgan fingerprint density at radius 3 is 2.20 bits per heavy atom. The van der Waals surface area contributed by atoms with Crippen LogP contribution in [0.4, 0.5) is 8.78 Å². The Morgan fingerprint density at radius 2 is 2.00 bits per heavy atom. The Labute approximate surface area is 83.9 Å². The van der Waals surface area contributed by atoms with E-state index in [4.69, 9.17) is 0 Å². The van der Waals surface area contributed by atoms with Crippen molar-refractivity contribution < 1.29 is 23.3 Å². The number of carbonyl (C=O) groups is 1. The van der Waals surface area contributed by atoms with Crippen LogP contribution in [0.15, 0.2) is 0 Å². The normalized spacial score (nSPS) is 21.6. The van der Waals surface area contributed by atoms with Crippen LogP contribution in [0.3, 0.4) is 0 Å². The van der Waals surface area contributed by atoms with E-state index in [9.17, 15) is 23.7 Å².